The van der Waals surface area contributed by atoms with E-state index in [-0.39, 0.29) is 5.82 Å². The van der Waals surface area contributed by atoms with Gasteiger partial charge in [-0.15, -0.1) is 0 Å². The molecule has 9 heteroatoms. The van der Waals surface area contributed by atoms with Crippen LogP contribution in [-0.4, -0.2) is 46.1 Å². The lowest BCUT2D eigenvalue weighted by Crippen LogP contribution is -2.48. The SMILES string of the molecule is Cc1ccc(-c2ncnc(N3CCN(c4ncccc4C(F)(F)F)CC3)n2)cc1C. The van der Waals surface area contributed by atoms with E-state index in [1.807, 2.05) is 36.9 Å². The highest BCUT2D eigenvalue weighted by molar-refractivity contribution is 5.58. The van der Waals surface area contributed by atoms with Crippen LogP contribution in [0.3, 0.4) is 0 Å². The van der Waals surface area contributed by atoms with E-state index in [0.717, 1.165) is 17.2 Å². The van der Waals surface area contributed by atoms with Crippen molar-refractivity contribution in [3.05, 3.63) is 59.5 Å². The topological polar surface area (TPSA) is 58.0 Å². The summed E-state index contributed by atoms with van der Waals surface area (Å²) in [5, 5.41) is 0. The average molecular weight is 414 g/mol. The Morgan fingerprint density at radius 2 is 1.60 bits per heavy atom. The molecular formula is C21H21F3N6. The summed E-state index contributed by atoms with van der Waals surface area (Å²) in [4.78, 5) is 20.7. The molecular weight excluding hydrogens is 393 g/mol. The Labute approximate surface area is 172 Å². The van der Waals surface area contributed by atoms with Crippen molar-refractivity contribution in [2.24, 2.45) is 0 Å². The van der Waals surface area contributed by atoms with E-state index in [9.17, 15) is 13.2 Å². The van der Waals surface area contributed by atoms with Gasteiger partial charge in [-0.2, -0.15) is 18.2 Å². The Bertz CT molecular complexity index is 1040. The van der Waals surface area contributed by atoms with Crippen molar-refractivity contribution in [2.45, 2.75) is 20.0 Å². The van der Waals surface area contributed by atoms with Crippen LogP contribution in [0.2, 0.25) is 0 Å². The third-order valence-electron chi connectivity index (χ3n) is 5.28. The van der Waals surface area contributed by atoms with E-state index in [2.05, 4.69) is 19.9 Å². The molecule has 0 unspecified atom stereocenters. The van der Waals surface area contributed by atoms with E-state index in [1.165, 1.54) is 24.2 Å². The first-order valence-corrected chi connectivity index (χ1v) is 9.62. The zero-order chi connectivity index (χ0) is 21.3. The molecule has 3 heterocycles. The Morgan fingerprint density at radius 1 is 0.867 bits per heavy atom. The summed E-state index contributed by atoms with van der Waals surface area (Å²) in [5.74, 6) is 1.07. The molecule has 0 amide bonds. The van der Waals surface area contributed by atoms with Gasteiger partial charge in [-0.05, 0) is 43.2 Å². The summed E-state index contributed by atoms with van der Waals surface area (Å²) in [5.41, 5.74) is 2.54. The third-order valence-corrected chi connectivity index (χ3v) is 5.28. The van der Waals surface area contributed by atoms with Crippen LogP contribution in [0.4, 0.5) is 24.9 Å². The van der Waals surface area contributed by atoms with Gasteiger partial charge in [-0.1, -0.05) is 12.1 Å². The molecule has 6 nitrogen and oxygen atoms in total. The number of pyridine rings is 1. The maximum atomic E-state index is 13.3. The molecule has 3 aromatic rings. The van der Waals surface area contributed by atoms with Gasteiger partial charge in [0, 0.05) is 37.9 Å². The zero-order valence-electron chi connectivity index (χ0n) is 16.7. The number of alkyl halides is 3. The van der Waals surface area contributed by atoms with Gasteiger partial charge in [0.15, 0.2) is 5.82 Å². The number of rotatable bonds is 3. The van der Waals surface area contributed by atoms with Crippen LogP contribution in [0.1, 0.15) is 16.7 Å². The summed E-state index contributed by atoms with van der Waals surface area (Å²) in [6.45, 7) is 5.85. The van der Waals surface area contributed by atoms with Gasteiger partial charge in [0.25, 0.3) is 0 Å². The van der Waals surface area contributed by atoms with E-state index in [1.54, 1.807) is 4.90 Å². The largest absolute Gasteiger partial charge is 0.419 e. The van der Waals surface area contributed by atoms with Crippen LogP contribution in [0.15, 0.2) is 42.9 Å². The first kappa shape index (κ1) is 20.1. The molecule has 1 aliphatic heterocycles. The number of aryl methyl sites for hydroxylation is 2. The maximum Gasteiger partial charge on any atom is 0.419 e. The number of hydrogen-bond donors (Lipinski definition) is 0. The highest BCUT2D eigenvalue weighted by Gasteiger charge is 2.36. The fourth-order valence-electron chi connectivity index (χ4n) is 3.45. The van der Waals surface area contributed by atoms with Crippen LogP contribution in [0.5, 0.6) is 0 Å². The number of piperazine rings is 1. The lowest BCUT2D eigenvalue weighted by Gasteiger charge is -2.36. The Morgan fingerprint density at radius 3 is 2.30 bits per heavy atom. The number of anilines is 2. The molecule has 1 fully saturated rings. The van der Waals surface area contributed by atoms with Crippen molar-refractivity contribution in [1.29, 1.82) is 0 Å². The van der Waals surface area contributed by atoms with Crippen LogP contribution >= 0.6 is 0 Å². The summed E-state index contributed by atoms with van der Waals surface area (Å²) in [6, 6.07) is 8.40. The van der Waals surface area contributed by atoms with Crippen molar-refractivity contribution >= 4 is 11.8 Å². The molecule has 1 aliphatic rings. The normalized spacial score (nSPS) is 14.8. The number of aromatic nitrogens is 4. The molecule has 1 aromatic carbocycles. The van der Waals surface area contributed by atoms with Crippen molar-refractivity contribution < 1.29 is 13.2 Å². The van der Waals surface area contributed by atoms with Crippen molar-refractivity contribution in [3.63, 3.8) is 0 Å². The first-order valence-electron chi connectivity index (χ1n) is 9.62. The number of hydrogen-bond acceptors (Lipinski definition) is 6. The molecule has 0 N–H and O–H groups in total. The van der Waals surface area contributed by atoms with E-state index in [4.69, 9.17) is 0 Å². The standard InChI is InChI=1S/C21H21F3N6/c1-14-5-6-16(12-15(14)2)18-26-13-27-20(28-18)30-10-8-29(9-11-30)19-17(21(22,23)24)4-3-7-25-19/h3-7,12-13H,8-11H2,1-2H3. The summed E-state index contributed by atoms with van der Waals surface area (Å²) >= 11 is 0. The second-order valence-corrected chi connectivity index (χ2v) is 7.25. The number of halogens is 3. The van der Waals surface area contributed by atoms with Gasteiger partial charge in [0.1, 0.15) is 12.1 Å². The molecule has 4 rings (SSSR count). The van der Waals surface area contributed by atoms with Crippen LogP contribution in [0.25, 0.3) is 11.4 Å². The smallest absolute Gasteiger partial charge is 0.353 e. The molecule has 0 aliphatic carbocycles. The van der Waals surface area contributed by atoms with Crippen molar-refractivity contribution in [2.75, 3.05) is 36.0 Å². The second-order valence-electron chi connectivity index (χ2n) is 7.25. The van der Waals surface area contributed by atoms with E-state index >= 15 is 0 Å². The van der Waals surface area contributed by atoms with Gasteiger partial charge in [-0.3, -0.25) is 0 Å². The van der Waals surface area contributed by atoms with Crippen LogP contribution in [0, 0.1) is 13.8 Å². The zero-order valence-corrected chi connectivity index (χ0v) is 16.7. The lowest BCUT2D eigenvalue weighted by atomic mass is 10.1. The predicted molar refractivity (Wildman–Crippen MR) is 108 cm³/mol. The number of nitrogens with zero attached hydrogens (tertiary/aromatic N) is 6. The molecule has 0 spiro atoms. The van der Waals surface area contributed by atoms with Gasteiger partial charge in [-0.25, -0.2) is 15.0 Å². The molecule has 0 radical (unpaired) electrons. The summed E-state index contributed by atoms with van der Waals surface area (Å²) in [6.07, 6.45) is -1.57. The molecule has 2 aromatic heterocycles. The maximum absolute atomic E-state index is 13.3. The summed E-state index contributed by atoms with van der Waals surface area (Å²) < 4.78 is 39.9. The van der Waals surface area contributed by atoms with E-state index < -0.39 is 11.7 Å². The highest BCUT2D eigenvalue weighted by Crippen LogP contribution is 2.35. The van der Waals surface area contributed by atoms with Gasteiger partial charge in [0.2, 0.25) is 5.95 Å². The quantitative estimate of drug-likeness (QED) is 0.648. The van der Waals surface area contributed by atoms with Crippen LogP contribution < -0.4 is 9.80 Å². The average Bonchev–Trinajstić information content (AvgIpc) is 2.75. The van der Waals surface area contributed by atoms with Gasteiger partial charge < -0.3 is 9.80 Å². The Kier molecular flexibility index (Phi) is 5.27. The Balaban J connectivity index is 1.51. The molecule has 1 saturated heterocycles. The molecule has 0 atom stereocenters. The third kappa shape index (κ3) is 4.05. The van der Waals surface area contributed by atoms with Crippen LogP contribution in [-0.2, 0) is 6.18 Å². The second kappa shape index (κ2) is 7.89. The van der Waals surface area contributed by atoms with Gasteiger partial charge in [0.05, 0.1) is 5.56 Å². The summed E-state index contributed by atoms with van der Waals surface area (Å²) in [7, 11) is 0. The van der Waals surface area contributed by atoms with Gasteiger partial charge >= 0.3 is 6.18 Å². The molecule has 0 saturated carbocycles. The lowest BCUT2D eigenvalue weighted by molar-refractivity contribution is -0.137. The predicted octanol–water partition coefficient (Wildman–Crippen LogP) is 3.90. The highest BCUT2D eigenvalue weighted by atomic mass is 19.4. The monoisotopic (exact) mass is 414 g/mol. The van der Waals surface area contributed by atoms with Crippen molar-refractivity contribution in [3.8, 4) is 11.4 Å². The molecule has 156 valence electrons. The minimum Gasteiger partial charge on any atom is -0.353 e. The molecule has 30 heavy (non-hydrogen) atoms. The van der Waals surface area contributed by atoms with E-state index in [0.29, 0.717) is 38.0 Å². The fourth-order valence-corrected chi connectivity index (χ4v) is 3.45. The molecule has 0 bridgehead atoms. The minimum absolute atomic E-state index is 0.0314. The first-order chi connectivity index (χ1) is 14.3. The fraction of sp³-hybridized carbons (Fsp3) is 0.333. The Hall–Kier alpha value is -3.23. The number of benzene rings is 1. The minimum atomic E-state index is -4.43. The van der Waals surface area contributed by atoms with Crippen molar-refractivity contribution in [1.82, 2.24) is 19.9 Å².